The summed E-state index contributed by atoms with van der Waals surface area (Å²) in [6.07, 6.45) is 0. The predicted octanol–water partition coefficient (Wildman–Crippen LogP) is 3.30. The first-order chi connectivity index (χ1) is 8.61. The first-order valence-corrected chi connectivity index (χ1v) is 5.26. The fourth-order valence-corrected chi connectivity index (χ4v) is 1.56. The van der Waals surface area contributed by atoms with Gasteiger partial charge in [-0.2, -0.15) is 0 Å². The van der Waals surface area contributed by atoms with E-state index in [9.17, 15) is 8.78 Å². The maximum absolute atomic E-state index is 13.3. The largest absolute Gasteiger partial charge is 0.494 e. The average Bonchev–Trinajstić information content (AvgIpc) is 2.37. The number of ether oxygens (including phenoxy) is 1. The highest BCUT2D eigenvalue weighted by atomic mass is 19.1. The van der Waals surface area contributed by atoms with Crippen LogP contribution in [-0.2, 0) is 0 Å². The molecule has 3 nitrogen and oxygen atoms in total. The van der Waals surface area contributed by atoms with Crippen LogP contribution in [0.3, 0.4) is 0 Å². The van der Waals surface area contributed by atoms with E-state index in [1.165, 1.54) is 37.4 Å². The lowest BCUT2D eigenvalue weighted by Gasteiger charge is -2.13. The van der Waals surface area contributed by atoms with Crippen LogP contribution in [0.2, 0.25) is 0 Å². The molecule has 18 heavy (non-hydrogen) atoms. The van der Waals surface area contributed by atoms with Gasteiger partial charge in [0.15, 0.2) is 0 Å². The number of nitrogen functional groups attached to an aromatic ring is 1. The van der Waals surface area contributed by atoms with Crippen LogP contribution in [0.4, 0.5) is 25.8 Å². The van der Waals surface area contributed by atoms with Crippen LogP contribution >= 0.6 is 0 Å². The van der Waals surface area contributed by atoms with E-state index in [-0.39, 0.29) is 5.69 Å². The molecule has 0 aliphatic heterocycles. The van der Waals surface area contributed by atoms with Crippen molar-refractivity contribution in [3.63, 3.8) is 0 Å². The Hall–Kier alpha value is -2.30. The maximum atomic E-state index is 13.3. The first-order valence-electron chi connectivity index (χ1n) is 5.26. The van der Waals surface area contributed by atoms with Crippen LogP contribution in [0.15, 0.2) is 36.4 Å². The SMILES string of the molecule is COc1cc(F)ccc1Nc1cccc(F)c1N. The summed E-state index contributed by atoms with van der Waals surface area (Å²) in [5.74, 6) is -0.607. The minimum atomic E-state index is -0.513. The second kappa shape index (κ2) is 4.91. The lowest BCUT2D eigenvalue weighted by atomic mass is 10.2. The molecule has 0 amide bonds. The summed E-state index contributed by atoms with van der Waals surface area (Å²) < 4.78 is 31.3. The Bertz CT molecular complexity index is 573. The molecular formula is C13H12F2N2O. The topological polar surface area (TPSA) is 47.3 Å². The van der Waals surface area contributed by atoms with Crippen molar-refractivity contribution in [1.82, 2.24) is 0 Å². The van der Waals surface area contributed by atoms with E-state index in [1.54, 1.807) is 6.07 Å². The smallest absolute Gasteiger partial charge is 0.148 e. The van der Waals surface area contributed by atoms with Crippen LogP contribution in [-0.4, -0.2) is 7.11 Å². The van der Waals surface area contributed by atoms with Crippen molar-refractivity contribution in [2.24, 2.45) is 0 Å². The number of hydrogen-bond donors (Lipinski definition) is 2. The molecule has 0 saturated carbocycles. The van der Waals surface area contributed by atoms with Gasteiger partial charge in [-0.3, -0.25) is 0 Å². The second-order valence-electron chi connectivity index (χ2n) is 3.67. The van der Waals surface area contributed by atoms with Crippen LogP contribution in [0, 0.1) is 11.6 Å². The van der Waals surface area contributed by atoms with Crippen molar-refractivity contribution in [1.29, 1.82) is 0 Å². The van der Waals surface area contributed by atoms with E-state index >= 15 is 0 Å². The summed E-state index contributed by atoms with van der Waals surface area (Å²) in [6, 6.07) is 8.43. The van der Waals surface area contributed by atoms with E-state index in [2.05, 4.69) is 5.32 Å². The molecular weight excluding hydrogens is 238 g/mol. The van der Waals surface area contributed by atoms with Crippen LogP contribution in [0.25, 0.3) is 0 Å². The molecule has 0 saturated heterocycles. The minimum absolute atomic E-state index is 0.00359. The maximum Gasteiger partial charge on any atom is 0.148 e. The van der Waals surface area contributed by atoms with E-state index in [0.717, 1.165) is 0 Å². The molecule has 0 atom stereocenters. The number of methoxy groups -OCH3 is 1. The van der Waals surface area contributed by atoms with Gasteiger partial charge in [0, 0.05) is 6.07 Å². The zero-order chi connectivity index (χ0) is 13.1. The Morgan fingerprint density at radius 1 is 1.11 bits per heavy atom. The van der Waals surface area contributed by atoms with Gasteiger partial charge in [-0.05, 0) is 24.3 Å². The van der Waals surface area contributed by atoms with Crippen molar-refractivity contribution in [3.8, 4) is 5.75 Å². The fourth-order valence-electron chi connectivity index (χ4n) is 1.56. The van der Waals surface area contributed by atoms with E-state index in [1.807, 2.05) is 0 Å². The van der Waals surface area contributed by atoms with Crippen molar-refractivity contribution in [2.75, 3.05) is 18.2 Å². The summed E-state index contributed by atoms with van der Waals surface area (Å²) in [7, 11) is 1.43. The number of para-hydroxylation sites is 1. The van der Waals surface area contributed by atoms with Gasteiger partial charge in [-0.25, -0.2) is 8.78 Å². The normalized spacial score (nSPS) is 10.2. The van der Waals surface area contributed by atoms with Crippen LogP contribution < -0.4 is 15.8 Å². The average molecular weight is 250 g/mol. The molecule has 0 aliphatic carbocycles. The van der Waals surface area contributed by atoms with Gasteiger partial charge in [0.2, 0.25) is 0 Å². The monoisotopic (exact) mass is 250 g/mol. The Morgan fingerprint density at radius 2 is 1.89 bits per heavy atom. The number of benzene rings is 2. The number of hydrogen-bond acceptors (Lipinski definition) is 3. The molecule has 94 valence electrons. The molecule has 0 heterocycles. The predicted molar refractivity (Wildman–Crippen MR) is 67.0 cm³/mol. The number of halogens is 2. The third-order valence-corrected chi connectivity index (χ3v) is 2.49. The van der Waals surface area contributed by atoms with Gasteiger partial charge in [0.25, 0.3) is 0 Å². The molecule has 2 rings (SSSR count). The molecule has 2 aromatic rings. The molecule has 5 heteroatoms. The zero-order valence-electron chi connectivity index (χ0n) is 9.71. The third-order valence-electron chi connectivity index (χ3n) is 2.49. The van der Waals surface area contributed by atoms with Crippen molar-refractivity contribution in [2.45, 2.75) is 0 Å². The van der Waals surface area contributed by atoms with Crippen molar-refractivity contribution >= 4 is 17.1 Å². The zero-order valence-corrected chi connectivity index (χ0v) is 9.71. The highest BCUT2D eigenvalue weighted by Gasteiger charge is 2.08. The Labute approximate surface area is 103 Å². The summed E-state index contributed by atoms with van der Waals surface area (Å²) >= 11 is 0. The Morgan fingerprint density at radius 3 is 2.61 bits per heavy atom. The first kappa shape index (κ1) is 12.2. The molecule has 0 aliphatic rings. The van der Waals surface area contributed by atoms with Crippen molar-refractivity contribution in [3.05, 3.63) is 48.0 Å². The van der Waals surface area contributed by atoms with E-state index < -0.39 is 11.6 Å². The van der Waals surface area contributed by atoms with Crippen molar-refractivity contribution < 1.29 is 13.5 Å². The van der Waals surface area contributed by atoms with E-state index in [0.29, 0.717) is 17.1 Å². The van der Waals surface area contributed by atoms with Gasteiger partial charge in [0.05, 0.1) is 24.2 Å². The highest BCUT2D eigenvalue weighted by molar-refractivity contribution is 5.75. The molecule has 0 fully saturated rings. The minimum Gasteiger partial charge on any atom is -0.494 e. The lowest BCUT2D eigenvalue weighted by molar-refractivity contribution is 0.413. The van der Waals surface area contributed by atoms with Crippen LogP contribution in [0.1, 0.15) is 0 Å². The van der Waals surface area contributed by atoms with E-state index in [4.69, 9.17) is 10.5 Å². The van der Waals surface area contributed by atoms with Crippen LogP contribution in [0.5, 0.6) is 5.75 Å². The van der Waals surface area contributed by atoms with Gasteiger partial charge < -0.3 is 15.8 Å². The Balaban J connectivity index is 2.37. The second-order valence-corrected chi connectivity index (χ2v) is 3.67. The highest BCUT2D eigenvalue weighted by Crippen LogP contribution is 2.31. The van der Waals surface area contributed by atoms with Gasteiger partial charge in [-0.15, -0.1) is 0 Å². The third kappa shape index (κ3) is 2.34. The summed E-state index contributed by atoms with van der Waals surface area (Å²) in [5, 5.41) is 2.90. The number of nitrogens with two attached hydrogens (primary N) is 1. The molecule has 2 aromatic carbocycles. The summed E-state index contributed by atoms with van der Waals surface area (Å²) in [5.41, 5.74) is 6.52. The fraction of sp³-hybridized carbons (Fsp3) is 0.0769. The molecule has 3 N–H and O–H groups in total. The quantitative estimate of drug-likeness (QED) is 0.822. The standard InChI is InChI=1S/C13H12F2N2O/c1-18-12-7-8(14)5-6-10(12)17-11-4-2-3-9(15)13(11)16/h2-7,17H,16H2,1H3. The molecule has 0 bridgehead atoms. The number of nitrogens with one attached hydrogen (secondary N) is 1. The molecule has 0 unspecified atom stereocenters. The summed E-state index contributed by atoms with van der Waals surface area (Å²) in [6.45, 7) is 0. The Kier molecular flexibility index (Phi) is 3.32. The van der Waals surface area contributed by atoms with Gasteiger partial charge in [-0.1, -0.05) is 6.07 Å². The molecule has 0 aromatic heterocycles. The molecule has 0 radical (unpaired) electrons. The molecule has 0 spiro atoms. The number of anilines is 3. The number of rotatable bonds is 3. The lowest BCUT2D eigenvalue weighted by Crippen LogP contribution is -2.00. The van der Waals surface area contributed by atoms with Gasteiger partial charge in [0.1, 0.15) is 17.4 Å². The summed E-state index contributed by atoms with van der Waals surface area (Å²) in [4.78, 5) is 0. The van der Waals surface area contributed by atoms with Gasteiger partial charge >= 0.3 is 0 Å².